The Morgan fingerprint density at radius 3 is 2.42 bits per heavy atom. The zero-order valence-corrected chi connectivity index (χ0v) is 13.2. The van der Waals surface area contributed by atoms with Gasteiger partial charge in [0.15, 0.2) is 0 Å². The number of Topliss-reactive ketones (excluding diaryl/α,β-unsaturated/α-hetero) is 2. The Bertz CT molecular complexity index is 795. The molecule has 24 heavy (non-hydrogen) atoms. The van der Waals surface area contributed by atoms with Gasteiger partial charge >= 0.3 is 5.97 Å². The molecule has 0 bridgehead atoms. The second-order valence-corrected chi connectivity index (χ2v) is 5.43. The zero-order chi connectivity index (χ0) is 17.1. The number of benzene rings is 2. The lowest BCUT2D eigenvalue weighted by atomic mass is 10.1. The average molecular weight is 324 g/mol. The first-order chi connectivity index (χ1) is 11.6. The van der Waals surface area contributed by atoms with Crippen LogP contribution < -0.4 is 4.74 Å². The summed E-state index contributed by atoms with van der Waals surface area (Å²) < 4.78 is 10.6. The Balaban J connectivity index is 1.77. The van der Waals surface area contributed by atoms with Crippen LogP contribution >= 0.6 is 0 Å². The molecule has 0 aromatic heterocycles. The number of carbonyl (C=O) groups excluding carboxylic acids is 3. The molecule has 0 saturated heterocycles. The normalized spacial score (nSPS) is 16.0. The van der Waals surface area contributed by atoms with Gasteiger partial charge in [0.25, 0.3) is 0 Å². The van der Waals surface area contributed by atoms with Gasteiger partial charge in [0.1, 0.15) is 12.4 Å². The van der Waals surface area contributed by atoms with E-state index in [0.717, 1.165) is 5.56 Å². The van der Waals surface area contributed by atoms with E-state index >= 15 is 0 Å². The topological polar surface area (TPSA) is 69.7 Å². The molecule has 0 heterocycles. The van der Waals surface area contributed by atoms with Gasteiger partial charge in [0.2, 0.25) is 17.7 Å². The van der Waals surface area contributed by atoms with Crippen molar-refractivity contribution in [3.8, 4) is 5.75 Å². The van der Waals surface area contributed by atoms with Crippen molar-refractivity contribution < 1.29 is 23.9 Å². The van der Waals surface area contributed by atoms with Gasteiger partial charge in [-0.25, -0.2) is 0 Å². The molecule has 0 radical (unpaired) electrons. The molecular formula is C19H16O5. The summed E-state index contributed by atoms with van der Waals surface area (Å²) in [6, 6.07) is 14.3. The number of ketones is 2. The van der Waals surface area contributed by atoms with Crippen LogP contribution in [0.1, 0.15) is 39.6 Å². The number of rotatable bonds is 5. The summed E-state index contributed by atoms with van der Waals surface area (Å²) in [6.07, 6.45) is -1.25. The van der Waals surface area contributed by atoms with Gasteiger partial charge in [0.05, 0.1) is 0 Å². The van der Waals surface area contributed by atoms with Gasteiger partial charge in [0, 0.05) is 17.5 Å². The highest BCUT2D eigenvalue weighted by atomic mass is 16.6. The second-order valence-electron chi connectivity index (χ2n) is 5.43. The van der Waals surface area contributed by atoms with Gasteiger partial charge in [-0.05, 0) is 23.8 Å². The van der Waals surface area contributed by atoms with E-state index in [2.05, 4.69) is 0 Å². The highest BCUT2D eigenvalue weighted by Gasteiger charge is 2.41. The maximum absolute atomic E-state index is 12.3. The van der Waals surface area contributed by atoms with Gasteiger partial charge in [-0.15, -0.1) is 0 Å². The van der Waals surface area contributed by atoms with Crippen LogP contribution in [-0.2, 0) is 16.1 Å². The van der Waals surface area contributed by atoms with E-state index in [9.17, 15) is 14.4 Å². The Morgan fingerprint density at radius 2 is 1.71 bits per heavy atom. The van der Waals surface area contributed by atoms with Crippen LogP contribution in [0.4, 0.5) is 0 Å². The molecule has 122 valence electrons. The summed E-state index contributed by atoms with van der Waals surface area (Å²) in [5.74, 6) is -1.07. The number of hydrogen-bond donors (Lipinski definition) is 0. The Kier molecular flexibility index (Phi) is 4.42. The molecular weight excluding hydrogens is 308 g/mol. The van der Waals surface area contributed by atoms with E-state index in [1.807, 2.05) is 30.3 Å². The fourth-order valence-electron chi connectivity index (χ4n) is 2.50. The lowest BCUT2D eigenvalue weighted by Crippen LogP contribution is -2.28. The molecule has 1 aliphatic rings. The van der Waals surface area contributed by atoms with Crippen molar-refractivity contribution in [2.45, 2.75) is 26.1 Å². The monoisotopic (exact) mass is 324 g/mol. The number of ether oxygens (including phenoxy) is 2. The van der Waals surface area contributed by atoms with Crippen molar-refractivity contribution in [3.05, 3.63) is 65.2 Å². The minimum absolute atomic E-state index is 0.110. The maximum atomic E-state index is 12.3. The molecule has 2 aromatic rings. The molecule has 3 rings (SSSR count). The number of fused-ring (bicyclic) bond motifs is 1. The van der Waals surface area contributed by atoms with Crippen LogP contribution in [-0.4, -0.2) is 23.6 Å². The van der Waals surface area contributed by atoms with Crippen LogP contribution in [0.3, 0.4) is 0 Å². The highest BCUT2D eigenvalue weighted by Crippen LogP contribution is 2.28. The molecule has 1 unspecified atom stereocenters. The molecule has 0 aliphatic heterocycles. The molecule has 2 aromatic carbocycles. The van der Waals surface area contributed by atoms with Crippen molar-refractivity contribution in [1.82, 2.24) is 0 Å². The molecule has 0 fully saturated rings. The minimum Gasteiger partial charge on any atom is -0.489 e. The van der Waals surface area contributed by atoms with Gasteiger partial charge in [-0.3, -0.25) is 14.4 Å². The fraction of sp³-hybridized carbons (Fsp3) is 0.211. The molecule has 5 heteroatoms. The van der Waals surface area contributed by atoms with E-state index < -0.39 is 23.6 Å². The Morgan fingerprint density at radius 1 is 1.00 bits per heavy atom. The lowest BCUT2D eigenvalue weighted by molar-refractivity contribution is -0.144. The first kappa shape index (κ1) is 15.9. The van der Waals surface area contributed by atoms with Gasteiger partial charge in [-0.1, -0.05) is 37.3 Å². The van der Waals surface area contributed by atoms with Crippen LogP contribution in [0.2, 0.25) is 0 Å². The first-order valence-electron chi connectivity index (χ1n) is 7.69. The van der Waals surface area contributed by atoms with E-state index in [-0.39, 0.29) is 17.5 Å². The van der Waals surface area contributed by atoms with E-state index in [4.69, 9.17) is 9.47 Å². The van der Waals surface area contributed by atoms with Gasteiger partial charge < -0.3 is 9.47 Å². The van der Waals surface area contributed by atoms with Crippen LogP contribution in [0.5, 0.6) is 5.75 Å². The third kappa shape index (κ3) is 3.06. The number of esters is 1. The zero-order valence-electron chi connectivity index (χ0n) is 13.2. The summed E-state index contributed by atoms with van der Waals surface area (Å²) in [4.78, 5) is 35.9. The third-order valence-electron chi connectivity index (χ3n) is 3.78. The lowest BCUT2D eigenvalue weighted by Gasteiger charge is -2.07. The largest absolute Gasteiger partial charge is 0.489 e. The third-order valence-corrected chi connectivity index (χ3v) is 3.78. The summed E-state index contributed by atoms with van der Waals surface area (Å²) in [7, 11) is 0. The van der Waals surface area contributed by atoms with Crippen LogP contribution in [0, 0.1) is 0 Å². The Labute approximate surface area is 139 Å². The molecule has 1 atom stereocenters. The predicted molar refractivity (Wildman–Crippen MR) is 86.0 cm³/mol. The standard InChI is InChI=1S/C19H16O5/c1-2-16(20)24-19-17(21)14-9-8-13(10-15(14)18(19)22)23-11-12-6-4-3-5-7-12/h3-10,19H,2,11H2,1H3. The van der Waals surface area contributed by atoms with E-state index in [1.165, 1.54) is 12.1 Å². The minimum atomic E-state index is -1.36. The van der Waals surface area contributed by atoms with Crippen molar-refractivity contribution in [1.29, 1.82) is 0 Å². The van der Waals surface area contributed by atoms with Crippen molar-refractivity contribution in [2.75, 3.05) is 0 Å². The van der Waals surface area contributed by atoms with Crippen molar-refractivity contribution in [3.63, 3.8) is 0 Å². The molecule has 0 saturated carbocycles. The van der Waals surface area contributed by atoms with E-state index in [1.54, 1.807) is 13.0 Å². The molecule has 0 spiro atoms. The van der Waals surface area contributed by atoms with Crippen molar-refractivity contribution in [2.24, 2.45) is 0 Å². The Hall–Kier alpha value is -2.95. The molecule has 0 amide bonds. The summed E-state index contributed by atoms with van der Waals surface area (Å²) in [6.45, 7) is 1.96. The quantitative estimate of drug-likeness (QED) is 0.625. The van der Waals surface area contributed by atoms with E-state index in [0.29, 0.717) is 12.4 Å². The summed E-state index contributed by atoms with van der Waals surface area (Å²) in [5, 5.41) is 0. The number of carbonyl (C=O) groups is 3. The molecule has 0 N–H and O–H groups in total. The SMILES string of the molecule is CCC(=O)OC1C(=O)c2ccc(OCc3ccccc3)cc2C1=O. The summed E-state index contributed by atoms with van der Waals surface area (Å²) >= 11 is 0. The second kappa shape index (κ2) is 6.66. The number of hydrogen-bond acceptors (Lipinski definition) is 5. The van der Waals surface area contributed by atoms with Crippen LogP contribution in [0.25, 0.3) is 0 Å². The van der Waals surface area contributed by atoms with Crippen LogP contribution in [0.15, 0.2) is 48.5 Å². The molecule has 1 aliphatic carbocycles. The average Bonchev–Trinajstić information content (AvgIpc) is 2.85. The smallest absolute Gasteiger partial charge is 0.306 e. The maximum Gasteiger partial charge on any atom is 0.306 e. The van der Waals surface area contributed by atoms with Gasteiger partial charge in [-0.2, -0.15) is 0 Å². The molecule has 5 nitrogen and oxygen atoms in total. The van der Waals surface area contributed by atoms with Crippen molar-refractivity contribution >= 4 is 17.5 Å². The fourth-order valence-corrected chi connectivity index (χ4v) is 2.50. The predicted octanol–water partition coefficient (Wildman–Crippen LogP) is 2.97. The first-order valence-corrected chi connectivity index (χ1v) is 7.69. The summed E-state index contributed by atoms with van der Waals surface area (Å²) in [5.41, 5.74) is 1.50. The highest BCUT2D eigenvalue weighted by molar-refractivity contribution is 6.29.